The zero-order valence-corrected chi connectivity index (χ0v) is 8.03. The highest BCUT2D eigenvalue weighted by Crippen LogP contribution is 2.33. The Morgan fingerprint density at radius 2 is 2.20 bits per heavy atom. The molecule has 1 rings (SSSR count). The molecule has 0 N–H and O–H groups in total. The highest BCUT2D eigenvalue weighted by atomic mass is 32.2. The minimum absolute atomic E-state index is 0.770. The molecule has 0 amide bonds. The first-order valence-corrected chi connectivity index (χ1v) is 5.71. The van der Waals surface area contributed by atoms with Gasteiger partial charge in [-0.2, -0.15) is 0 Å². The zero-order chi connectivity index (χ0) is 7.23. The number of hydrogen-bond acceptors (Lipinski definition) is 4. The number of aliphatic imine (C=N–C) groups is 1. The lowest BCUT2D eigenvalue weighted by Gasteiger charge is -2.02. The summed E-state index contributed by atoms with van der Waals surface area (Å²) in [7, 11) is 0. The van der Waals surface area contributed by atoms with Gasteiger partial charge in [0.25, 0.3) is 0 Å². The fourth-order valence-corrected chi connectivity index (χ4v) is 3.68. The van der Waals surface area contributed by atoms with Gasteiger partial charge in [0.05, 0.1) is 16.3 Å². The molecule has 0 spiro atoms. The summed E-state index contributed by atoms with van der Waals surface area (Å²) >= 11 is 8.53. The fraction of sp³-hybridized carbons (Fsp3) is 0.833. The molecule has 1 nitrogen and oxygen atoms in total. The van der Waals surface area contributed by atoms with E-state index < -0.39 is 0 Å². The van der Waals surface area contributed by atoms with Crippen LogP contribution in [0.2, 0.25) is 0 Å². The Labute approximate surface area is 75.1 Å². The lowest BCUT2D eigenvalue weighted by Crippen LogP contribution is -1.93. The topological polar surface area (TPSA) is 12.4 Å². The Morgan fingerprint density at radius 3 is 2.80 bits per heavy atom. The number of isothiocyanates is 1. The van der Waals surface area contributed by atoms with Crippen molar-refractivity contribution in [2.45, 2.75) is 11.0 Å². The molecule has 10 heavy (non-hydrogen) atoms. The predicted molar refractivity (Wildman–Crippen MR) is 53.2 cm³/mol. The molecule has 0 unspecified atom stereocenters. The molecular weight excluding hydrogens is 182 g/mol. The van der Waals surface area contributed by atoms with Crippen molar-refractivity contribution in [3.05, 3.63) is 0 Å². The Kier molecular flexibility index (Phi) is 4.46. The average molecular weight is 191 g/mol. The van der Waals surface area contributed by atoms with E-state index >= 15 is 0 Å². The van der Waals surface area contributed by atoms with E-state index in [-0.39, 0.29) is 0 Å². The molecule has 0 aromatic carbocycles. The van der Waals surface area contributed by atoms with E-state index in [1.54, 1.807) is 0 Å². The Bertz CT molecular complexity index is 136. The Balaban J connectivity index is 2.06. The number of hydrogen-bond donors (Lipinski definition) is 0. The van der Waals surface area contributed by atoms with Crippen molar-refractivity contribution in [3.8, 4) is 0 Å². The van der Waals surface area contributed by atoms with Crippen molar-refractivity contribution in [3.63, 3.8) is 0 Å². The second-order valence-electron chi connectivity index (χ2n) is 1.93. The van der Waals surface area contributed by atoms with Gasteiger partial charge in [0, 0.05) is 11.5 Å². The molecule has 0 aromatic rings. The van der Waals surface area contributed by atoms with Gasteiger partial charge >= 0.3 is 0 Å². The molecule has 1 aliphatic heterocycles. The molecule has 0 bridgehead atoms. The minimum Gasteiger partial charge on any atom is -0.232 e. The molecule has 0 aromatic heterocycles. The van der Waals surface area contributed by atoms with Gasteiger partial charge in [0.1, 0.15) is 0 Å². The van der Waals surface area contributed by atoms with Crippen molar-refractivity contribution in [1.82, 2.24) is 0 Å². The molecule has 1 aliphatic rings. The van der Waals surface area contributed by atoms with E-state index in [1.165, 1.54) is 11.5 Å². The quantitative estimate of drug-likeness (QED) is 0.501. The smallest absolute Gasteiger partial charge is 0.0584 e. The molecule has 0 radical (unpaired) electrons. The SMILES string of the molecule is S=C=NCCC1SCCS1. The van der Waals surface area contributed by atoms with Crippen LogP contribution in [0.25, 0.3) is 0 Å². The summed E-state index contributed by atoms with van der Waals surface area (Å²) in [5.74, 6) is 2.60. The van der Waals surface area contributed by atoms with Crippen LogP contribution in [-0.2, 0) is 0 Å². The minimum atomic E-state index is 0.770. The predicted octanol–water partition coefficient (Wildman–Crippen LogP) is 2.29. The number of thioether (sulfide) groups is 2. The van der Waals surface area contributed by atoms with Gasteiger partial charge in [-0.15, -0.1) is 23.5 Å². The number of thiocarbonyl (C=S) groups is 1. The molecule has 4 heteroatoms. The first-order valence-electron chi connectivity index (χ1n) is 3.20. The third-order valence-corrected chi connectivity index (χ3v) is 4.53. The normalized spacial score (nSPS) is 18.8. The molecular formula is C6H9NS3. The van der Waals surface area contributed by atoms with Crippen molar-refractivity contribution < 1.29 is 0 Å². The van der Waals surface area contributed by atoms with Gasteiger partial charge in [-0.25, -0.2) is 4.99 Å². The lowest BCUT2D eigenvalue weighted by molar-refractivity contribution is 0.926. The van der Waals surface area contributed by atoms with Gasteiger partial charge in [-0.05, 0) is 18.6 Å². The highest BCUT2D eigenvalue weighted by Gasteiger charge is 2.14. The van der Waals surface area contributed by atoms with Crippen LogP contribution in [-0.4, -0.2) is 27.8 Å². The number of nitrogens with zero attached hydrogens (tertiary/aromatic N) is 1. The molecule has 56 valence electrons. The molecule has 1 fully saturated rings. The number of rotatable bonds is 3. The summed E-state index contributed by atoms with van der Waals surface area (Å²) in [6, 6.07) is 0. The van der Waals surface area contributed by atoms with Gasteiger partial charge in [0.15, 0.2) is 0 Å². The molecule has 1 heterocycles. The van der Waals surface area contributed by atoms with Crippen molar-refractivity contribution in [1.29, 1.82) is 0 Å². The lowest BCUT2D eigenvalue weighted by atomic mass is 10.5. The van der Waals surface area contributed by atoms with Crippen molar-refractivity contribution in [2.24, 2.45) is 4.99 Å². The average Bonchev–Trinajstić information content (AvgIpc) is 2.41. The van der Waals surface area contributed by atoms with Crippen LogP contribution < -0.4 is 0 Å². The van der Waals surface area contributed by atoms with Crippen molar-refractivity contribution in [2.75, 3.05) is 18.1 Å². The van der Waals surface area contributed by atoms with E-state index in [0.717, 1.165) is 17.5 Å². The summed E-state index contributed by atoms with van der Waals surface area (Å²) in [6.45, 7) is 0.855. The van der Waals surface area contributed by atoms with Gasteiger partial charge in [-0.3, -0.25) is 0 Å². The van der Waals surface area contributed by atoms with Gasteiger partial charge in [0.2, 0.25) is 0 Å². The Morgan fingerprint density at radius 1 is 1.50 bits per heavy atom. The standard InChI is InChI=1S/C6H9NS3/c8-5-7-2-1-6-9-3-4-10-6/h6H,1-4H2. The van der Waals surface area contributed by atoms with Gasteiger partial charge < -0.3 is 0 Å². The maximum absolute atomic E-state index is 4.46. The largest absolute Gasteiger partial charge is 0.232 e. The molecule has 1 saturated heterocycles. The summed E-state index contributed by atoms with van der Waals surface area (Å²) in [5.41, 5.74) is 0. The highest BCUT2D eigenvalue weighted by molar-refractivity contribution is 8.20. The van der Waals surface area contributed by atoms with Crippen LogP contribution in [0, 0.1) is 0 Å². The summed E-state index contributed by atoms with van der Waals surface area (Å²) in [5, 5.41) is 2.38. The first-order chi connectivity index (χ1) is 4.93. The monoisotopic (exact) mass is 191 g/mol. The maximum Gasteiger partial charge on any atom is 0.0584 e. The van der Waals surface area contributed by atoms with Crippen LogP contribution in [0.15, 0.2) is 4.99 Å². The third-order valence-electron chi connectivity index (χ3n) is 1.23. The van der Waals surface area contributed by atoms with Crippen LogP contribution >= 0.6 is 35.7 Å². The van der Waals surface area contributed by atoms with Crippen LogP contribution in [0.1, 0.15) is 6.42 Å². The Hall–Kier alpha value is 0.500. The van der Waals surface area contributed by atoms with Crippen molar-refractivity contribution >= 4 is 40.9 Å². The van der Waals surface area contributed by atoms with Gasteiger partial charge in [-0.1, -0.05) is 0 Å². The third kappa shape index (κ3) is 3.06. The maximum atomic E-state index is 4.46. The second-order valence-corrected chi connectivity index (χ2v) is 5.04. The van der Waals surface area contributed by atoms with E-state index in [9.17, 15) is 0 Å². The summed E-state index contributed by atoms with van der Waals surface area (Å²) in [6.07, 6.45) is 1.15. The van der Waals surface area contributed by atoms with E-state index in [0.29, 0.717) is 0 Å². The molecule has 0 atom stereocenters. The fourth-order valence-electron chi connectivity index (χ4n) is 0.789. The summed E-state index contributed by atoms with van der Waals surface area (Å²) < 4.78 is 0.770. The van der Waals surface area contributed by atoms with Crippen LogP contribution in [0.4, 0.5) is 0 Å². The van der Waals surface area contributed by atoms with E-state index in [2.05, 4.69) is 22.4 Å². The second kappa shape index (κ2) is 5.19. The summed E-state index contributed by atoms with van der Waals surface area (Å²) in [4.78, 5) is 3.87. The zero-order valence-electron chi connectivity index (χ0n) is 5.58. The van der Waals surface area contributed by atoms with Crippen LogP contribution in [0.3, 0.4) is 0 Å². The van der Waals surface area contributed by atoms with Crippen LogP contribution in [0.5, 0.6) is 0 Å². The molecule has 0 saturated carbocycles. The van der Waals surface area contributed by atoms with E-state index in [4.69, 9.17) is 0 Å². The van der Waals surface area contributed by atoms with E-state index in [1.807, 2.05) is 23.5 Å². The molecule has 0 aliphatic carbocycles. The first kappa shape index (κ1) is 8.60.